The minimum absolute atomic E-state index is 0. The van der Waals surface area contributed by atoms with E-state index in [2.05, 4.69) is 68.4 Å². The minimum Gasteiger partial charge on any atom is -1.00 e. The van der Waals surface area contributed by atoms with Crippen LogP contribution in [0.25, 0.3) is 0 Å². The average Bonchev–Trinajstić information content (AvgIpc) is 3.02. The molecule has 0 aromatic rings. The molecule has 1 radical (unpaired) electrons. The van der Waals surface area contributed by atoms with Gasteiger partial charge in [-0.2, -0.15) is 0 Å². The molecule has 22 heavy (non-hydrogen) atoms. The normalized spacial score (nSPS) is 16.6. The molecule has 0 unspecified atom stereocenters. The first-order valence-electron chi connectivity index (χ1n) is 7.18. The maximum Gasteiger partial charge on any atom is -1.00 e. The molecule has 1 aliphatic heterocycles. The molecule has 0 amide bonds. The van der Waals surface area contributed by atoms with Crippen molar-refractivity contribution in [3.63, 3.8) is 0 Å². The number of allylic oxidation sites excluding steroid dienone is 8. The predicted molar refractivity (Wildman–Crippen MR) is 86.9 cm³/mol. The van der Waals surface area contributed by atoms with Gasteiger partial charge >= 0.3 is 69.3 Å². The molecule has 2 aliphatic carbocycles. The molecule has 3 aliphatic rings. The van der Waals surface area contributed by atoms with E-state index in [-0.39, 0.29) is 53.1 Å². The number of aliphatic imine (C=N–C) groups is 1. The van der Waals surface area contributed by atoms with Crippen molar-refractivity contribution >= 4 is 11.6 Å². The number of nitrogens with zero attached hydrogens (tertiary/aromatic N) is 1. The quantitative estimate of drug-likeness (QED) is 0.491. The van der Waals surface area contributed by atoms with Crippen molar-refractivity contribution < 1.29 is 47.2 Å². The average molecular weight is 431 g/mol. The fourth-order valence-electron chi connectivity index (χ4n) is 2.14. The van der Waals surface area contributed by atoms with Gasteiger partial charge in [0.1, 0.15) is 0 Å². The number of hydrogen-bond donors (Lipinski definition) is 0. The molecular formula is C17H22Cl2NSiZr. The molecular weight excluding hydrogens is 408 g/mol. The summed E-state index contributed by atoms with van der Waals surface area (Å²) in [6, 6.07) is 0. The van der Waals surface area contributed by atoms with Crippen molar-refractivity contribution in [1.29, 1.82) is 0 Å². The third kappa shape index (κ3) is 6.66. The Balaban J connectivity index is 0.000000374. The Morgan fingerprint density at radius 1 is 1.14 bits per heavy atom. The maximum atomic E-state index is 4.47. The van der Waals surface area contributed by atoms with Crippen molar-refractivity contribution in [2.75, 3.05) is 0 Å². The number of halogens is 2. The zero-order valence-corrected chi connectivity index (χ0v) is 18.5. The Hall–Kier alpha value is 0.0500. The van der Waals surface area contributed by atoms with Crippen LogP contribution in [0.4, 0.5) is 0 Å². The molecule has 0 atom stereocenters. The molecule has 0 bridgehead atoms. The first-order chi connectivity index (χ1) is 9.56. The molecule has 0 saturated carbocycles. The number of rotatable bonds is 3. The zero-order valence-electron chi connectivity index (χ0n) is 13.5. The number of fused-ring (bicyclic) bond motifs is 1. The molecule has 0 fully saturated rings. The third-order valence-electron chi connectivity index (χ3n) is 3.15. The summed E-state index contributed by atoms with van der Waals surface area (Å²) >= 11 is -0.0345. The van der Waals surface area contributed by atoms with Crippen LogP contribution in [0.5, 0.6) is 0 Å². The van der Waals surface area contributed by atoms with Crippen LogP contribution in [-0.2, 0) is 22.4 Å². The van der Waals surface area contributed by atoms with Gasteiger partial charge in [0.2, 0.25) is 0 Å². The Kier molecular flexibility index (Phi) is 10.8. The van der Waals surface area contributed by atoms with E-state index in [1.807, 2.05) is 6.08 Å². The second-order valence-corrected chi connectivity index (χ2v) is 18.7. The first-order valence-corrected chi connectivity index (χ1v) is 14.6. The van der Waals surface area contributed by atoms with Gasteiger partial charge in [-0.1, -0.05) is 26.0 Å². The predicted octanol–water partition coefficient (Wildman–Crippen LogP) is -1.35. The molecule has 0 saturated heterocycles. The summed E-state index contributed by atoms with van der Waals surface area (Å²) in [5.41, 5.74) is 3.61. The standard InChI is InChI=1S/C10H11N.C5H5.C2H6Si.2ClH.Zr/c1-7(2)10-6-8-4-3-5-9(8)11-10;1-2-4-5-3-1;1-3-2;;;/h3-7H,1-2H3;1-3H,4H2;1-2H3;2*1H;/q;;;;;+2/p-2. The van der Waals surface area contributed by atoms with Crippen LogP contribution in [0.2, 0.25) is 13.1 Å². The Bertz CT molecular complexity index is 555. The van der Waals surface area contributed by atoms with E-state index in [1.54, 1.807) is 3.28 Å². The van der Waals surface area contributed by atoms with Crippen LogP contribution in [0.1, 0.15) is 20.3 Å². The molecule has 5 heteroatoms. The van der Waals surface area contributed by atoms with Gasteiger partial charge in [0.05, 0.1) is 5.70 Å². The molecule has 1 heterocycles. The topological polar surface area (TPSA) is 12.4 Å². The maximum absolute atomic E-state index is 4.47. The van der Waals surface area contributed by atoms with Gasteiger partial charge in [0, 0.05) is 11.3 Å². The van der Waals surface area contributed by atoms with Crippen LogP contribution in [0, 0.1) is 5.92 Å². The van der Waals surface area contributed by atoms with E-state index in [4.69, 9.17) is 0 Å². The van der Waals surface area contributed by atoms with Gasteiger partial charge in [-0.05, 0) is 18.1 Å². The monoisotopic (exact) mass is 428 g/mol. The fourth-order valence-corrected chi connectivity index (χ4v) is 9.59. The second-order valence-electron chi connectivity index (χ2n) is 5.65. The van der Waals surface area contributed by atoms with Crippen LogP contribution in [-0.4, -0.2) is 11.6 Å². The van der Waals surface area contributed by atoms with Crippen molar-refractivity contribution in [1.82, 2.24) is 0 Å². The van der Waals surface area contributed by atoms with Gasteiger partial charge in [-0.3, -0.25) is 4.99 Å². The van der Waals surface area contributed by atoms with Gasteiger partial charge in [-0.25, -0.2) is 0 Å². The summed E-state index contributed by atoms with van der Waals surface area (Å²) in [6.07, 6.45) is 16.5. The van der Waals surface area contributed by atoms with Gasteiger partial charge in [-0.15, -0.1) is 0 Å². The van der Waals surface area contributed by atoms with Crippen LogP contribution >= 0.6 is 0 Å². The molecule has 1 nitrogen and oxygen atoms in total. The molecule has 117 valence electrons. The molecule has 0 N–H and O–H groups in total. The summed E-state index contributed by atoms with van der Waals surface area (Å²) in [7, 11) is 0. The largest absolute Gasteiger partial charge is 1.00 e. The van der Waals surface area contributed by atoms with E-state index in [9.17, 15) is 0 Å². The minimum atomic E-state index is -0.0345. The molecule has 0 aromatic carbocycles. The third-order valence-corrected chi connectivity index (χ3v) is 10.9. The summed E-state index contributed by atoms with van der Waals surface area (Å²) in [5, 5.41) is 0. The van der Waals surface area contributed by atoms with E-state index in [1.165, 1.54) is 17.7 Å². The van der Waals surface area contributed by atoms with Crippen molar-refractivity contribution in [3.05, 3.63) is 57.1 Å². The summed E-state index contributed by atoms with van der Waals surface area (Å²) in [6.45, 7) is 9.22. The van der Waals surface area contributed by atoms with E-state index in [0.717, 1.165) is 5.70 Å². The van der Waals surface area contributed by atoms with Crippen LogP contribution in [0.3, 0.4) is 0 Å². The van der Waals surface area contributed by atoms with Gasteiger partial charge < -0.3 is 24.8 Å². The van der Waals surface area contributed by atoms with Crippen molar-refractivity contribution in [2.24, 2.45) is 10.9 Å². The Morgan fingerprint density at radius 3 is 2.36 bits per heavy atom. The fraction of sp³-hybridized carbons (Fsp3) is 0.353. The van der Waals surface area contributed by atoms with E-state index in [0.29, 0.717) is 5.92 Å². The zero-order chi connectivity index (χ0) is 14.5. The van der Waals surface area contributed by atoms with Crippen LogP contribution < -0.4 is 24.8 Å². The first kappa shape index (κ1) is 22.1. The van der Waals surface area contributed by atoms with E-state index < -0.39 is 0 Å². The summed E-state index contributed by atoms with van der Waals surface area (Å²) < 4.78 is 1.80. The smallest absolute Gasteiger partial charge is 1.00 e. The van der Waals surface area contributed by atoms with Gasteiger partial charge in [0.25, 0.3) is 0 Å². The Morgan fingerprint density at radius 2 is 1.86 bits per heavy atom. The van der Waals surface area contributed by atoms with Crippen molar-refractivity contribution in [3.8, 4) is 0 Å². The van der Waals surface area contributed by atoms with Gasteiger partial charge in [0.15, 0.2) is 0 Å². The molecule has 0 spiro atoms. The molecule has 0 aromatic heterocycles. The summed E-state index contributed by atoms with van der Waals surface area (Å²) in [4.78, 5) is 4.47. The summed E-state index contributed by atoms with van der Waals surface area (Å²) in [5.74, 6) is 0.688. The number of hydrogen-bond acceptors (Lipinski definition) is 1. The molecule has 3 rings (SSSR count). The van der Waals surface area contributed by atoms with Crippen molar-refractivity contribution in [2.45, 2.75) is 33.4 Å². The van der Waals surface area contributed by atoms with Crippen LogP contribution in [0.15, 0.2) is 62.1 Å². The Labute approximate surface area is 159 Å². The second kappa shape index (κ2) is 10.8. The SMILES string of the molecule is CC(C)C1=NC2=CC=CC2=C1.C[Si](C)[Zr+2][C]1=CC=CC1.[Cl-].[Cl-]. The van der Waals surface area contributed by atoms with E-state index >= 15 is 0 Å².